The molecule has 0 spiro atoms. The van der Waals surface area contributed by atoms with Crippen molar-refractivity contribution in [2.45, 2.75) is 36.9 Å². The van der Waals surface area contributed by atoms with Gasteiger partial charge in [0.15, 0.2) is 0 Å². The topological polar surface area (TPSA) is 70.8 Å². The van der Waals surface area contributed by atoms with E-state index in [9.17, 15) is 13.5 Å². The van der Waals surface area contributed by atoms with Crippen molar-refractivity contribution >= 4 is 10.0 Å². The molecule has 2 aromatic rings. The van der Waals surface area contributed by atoms with Gasteiger partial charge in [-0.2, -0.15) is 4.31 Å². The summed E-state index contributed by atoms with van der Waals surface area (Å²) < 4.78 is 32.5. The number of hydrogen-bond donors (Lipinski definition) is 1. The second-order valence-electron chi connectivity index (χ2n) is 5.13. The third-order valence-electron chi connectivity index (χ3n) is 3.58. The van der Waals surface area contributed by atoms with E-state index in [0.29, 0.717) is 11.3 Å². The SMILES string of the molecule is O=S(=O)(c1ccccc1CO)N(Cc1ccco1)C1CC1. The summed E-state index contributed by atoms with van der Waals surface area (Å²) >= 11 is 0. The van der Waals surface area contributed by atoms with Crippen molar-refractivity contribution in [2.24, 2.45) is 0 Å². The minimum Gasteiger partial charge on any atom is -0.468 e. The maximum atomic E-state index is 12.9. The van der Waals surface area contributed by atoms with Crippen molar-refractivity contribution in [3.05, 3.63) is 54.0 Å². The Morgan fingerprint density at radius 2 is 1.95 bits per heavy atom. The summed E-state index contributed by atoms with van der Waals surface area (Å²) in [4.78, 5) is 0.172. The molecule has 1 aromatic carbocycles. The van der Waals surface area contributed by atoms with E-state index in [-0.39, 0.29) is 24.1 Å². The van der Waals surface area contributed by atoms with Gasteiger partial charge >= 0.3 is 0 Å². The molecule has 1 saturated carbocycles. The van der Waals surface area contributed by atoms with Crippen LogP contribution < -0.4 is 0 Å². The second-order valence-corrected chi connectivity index (χ2v) is 6.99. The van der Waals surface area contributed by atoms with Gasteiger partial charge in [0.2, 0.25) is 10.0 Å². The van der Waals surface area contributed by atoms with E-state index in [0.717, 1.165) is 12.8 Å². The fourth-order valence-corrected chi connectivity index (χ4v) is 4.21. The van der Waals surface area contributed by atoms with Crippen LogP contribution in [-0.4, -0.2) is 23.9 Å². The van der Waals surface area contributed by atoms with Crippen molar-refractivity contribution < 1.29 is 17.9 Å². The van der Waals surface area contributed by atoms with Crippen LogP contribution in [0.5, 0.6) is 0 Å². The lowest BCUT2D eigenvalue weighted by atomic mass is 10.2. The van der Waals surface area contributed by atoms with E-state index in [1.165, 1.54) is 10.6 Å². The summed E-state index contributed by atoms with van der Waals surface area (Å²) in [6.07, 6.45) is 3.26. The lowest BCUT2D eigenvalue weighted by Gasteiger charge is -2.22. The van der Waals surface area contributed by atoms with Crippen LogP contribution in [0.1, 0.15) is 24.2 Å². The zero-order valence-electron chi connectivity index (χ0n) is 11.5. The van der Waals surface area contributed by atoms with Gasteiger partial charge in [0.1, 0.15) is 5.76 Å². The first-order valence-corrected chi connectivity index (χ1v) is 8.30. The van der Waals surface area contributed by atoms with Gasteiger partial charge in [-0.1, -0.05) is 18.2 Å². The van der Waals surface area contributed by atoms with Crippen molar-refractivity contribution in [3.8, 4) is 0 Å². The summed E-state index contributed by atoms with van der Waals surface area (Å²) in [5, 5.41) is 9.37. The highest BCUT2D eigenvalue weighted by molar-refractivity contribution is 7.89. The normalized spacial score (nSPS) is 15.5. The molecule has 21 heavy (non-hydrogen) atoms. The lowest BCUT2D eigenvalue weighted by molar-refractivity contribution is 0.277. The molecule has 1 N–H and O–H groups in total. The molecule has 112 valence electrons. The Bertz CT molecular complexity index is 705. The number of aliphatic hydroxyl groups is 1. The molecule has 0 amide bonds. The maximum Gasteiger partial charge on any atom is 0.244 e. The predicted molar refractivity (Wildman–Crippen MR) is 76.8 cm³/mol. The van der Waals surface area contributed by atoms with Gasteiger partial charge in [0, 0.05) is 6.04 Å². The largest absolute Gasteiger partial charge is 0.468 e. The van der Waals surface area contributed by atoms with Gasteiger partial charge in [-0.05, 0) is 36.6 Å². The fraction of sp³-hybridized carbons (Fsp3) is 0.333. The van der Waals surface area contributed by atoms with Crippen LogP contribution in [0.2, 0.25) is 0 Å². The van der Waals surface area contributed by atoms with Crippen LogP contribution in [0.3, 0.4) is 0 Å². The predicted octanol–water partition coefficient (Wildman–Crippen LogP) is 2.13. The van der Waals surface area contributed by atoms with Crippen LogP contribution in [0.25, 0.3) is 0 Å². The van der Waals surface area contributed by atoms with Crippen LogP contribution in [0.4, 0.5) is 0 Å². The van der Waals surface area contributed by atoms with E-state index in [4.69, 9.17) is 4.42 Å². The Balaban J connectivity index is 1.97. The van der Waals surface area contributed by atoms with Crippen LogP contribution >= 0.6 is 0 Å². The summed E-state index contributed by atoms with van der Waals surface area (Å²) in [6, 6.07) is 10.1. The lowest BCUT2D eigenvalue weighted by Crippen LogP contribution is -2.33. The second kappa shape index (κ2) is 5.63. The minimum atomic E-state index is -3.64. The number of furan rings is 1. The van der Waals surface area contributed by atoms with Crippen molar-refractivity contribution in [3.63, 3.8) is 0 Å². The van der Waals surface area contributed by atoms with E-state index in [1.54, 1.807) is 36.4 Å². The van der Waals surface area contributed by atoms with Gasteiger partial charge in [-0.3, -0.25) is 0 Å². The van der Waals surface area contributed by atoms with Gasteiger partial charge in [0.05, 0.1) is 24.3 Å². The highest BCUT2D eigenvalue weighted by Gasteiger charge is 2.39. The summed E-state index contributed by atoms with van der Waals surface area (Å²) in [7, 11) is -3.64. The molecule has 1 aromatic heterocycles. The van der Waals surface area contributed by atoms with Gasteiger partial charge in [-0.25, -0.2) is 8.42 Å². The smallest absolute Gasteiger partial charge is 0.244 e. The number of hydrogen-bond acceptors (Lipinski definition) is 4. The van der Waals surface area contributed by atoms with Crippen LogP contribution in [0, 0.1) is 0 Å². The first kappa shape index (κ1) is 14.3. The highest BCUT2D eigenvalue weighted by atomic mass is 32.2. The number of nitrogens with zero attached hydrogens (tertiary/aromatic N) is 1. The number of aliphatic hydroxyl groups excluding tert-OH is 1. The molecule has 0 atom stereocenters. The zero-order valence-corrected chi connectivity index (χ0v) is 12.3. The Morgan fingerprint density at radius 1 is 1.19 bits per heavy atom. The Labute approximate surface area is 123 Å². The fourth-order valence-electron chi connectivity index (χ4n) is 2.34. The molecule has 3 rings (SSSR count). The quantitative estimate of drug-likeness (QED) is 0.887. The van der Waals surface area contributed by atoms with E-state index < -0.39 is 10.0 Å². The summed E-state index contributed by atoms with van der Waals surface area (Å²) in [5.41, 5.74) is 0.419. The average molecular weight is 307 g/mol. The molecule has 1 aliphatic rings. The van der Waals surface area contributed by atoms with Crippen molar-refractivity contribution in [1.29, 1.82) is 0 Å². The number of benzene rings is 1. The molecule has 5 nitrogen and oxygen atoms in total. The minimum absolute atomic E-state index is 0.0202. The first-order valence-electron chi connectivity index (χ1n) is 6.86. The molecule has 0 saturated heterocycles. The summed E-state index contributed by atoms with van der Waals surface area (Å²) in [5.74, 6) is 0.618. The Kier molecular flexibility index (Phi) is 3.84. The average Bonchev–Trinajstić information content (AvgIpc) is 3.20. The third-order valence-corrected chi connectivity index (χ3v) is 5.57. The van der Waals surface area contributed by atoms with Gasteiger partial charge in [-0.15, -0.1) is 0 Å². The highest BCUT2D eigenvalue weighted by Crippen LogP contribution is 2.34. The molecule has 0 unspecified atom stereocenters. The Morgan fingerprint density at radius 3 is 2.57 bits per heavy atom. The van der Waals surface area contributed by atoms with Crippen molar-refractivity contribution in [2.75, 3.05) is 0 Å². The van der Waals surface area contributed by atoms with Crippen LogP contribution in [-0.2, 0) is 23.2 Å². The number of sulfonamides is 1. The zero-order chi connectivity index (χ0) is 14.9. The van der Waals surface area contributed by atoms with Gasteiger partial charge < -0.3 is 9.52 Å². The monoisotopic (exact) mass is 307 g/mol. The molecule has 1 heterocycles. The van der Waals surface area contributed by atoms with Gasteiger partial charge in [0.25, 0.3) is 0 Å². The first-order chi connectivity index (χ1) is 10.1. The molecule has 0 bridgehead atoms. The standard InChI is InChI=1S/C15H17NO4S/c17-11-12-4-1-2-6-15(12)21(18,19)16(13-7-8-13)10-14-5-3-9-20-14/h1-6,9,13,17H,7-8,10-11H2. The maximum absolute atomic E-state index is 12.9. The Hall–Kier alpha value is -1.63. The molecule has 6 heteroatoms. The van der Waals surface area contributed by atoms with E-state index in [2.05, 4.69) is 0 Å². The van der Waals surface area contributed by atoms with Crippen molar-refractivity contribution in [1.82, 2.24) is 4.31 Å². The van der Waals surface area contributed by atoms with E-state index in [1.807, 2.05) is 0 Å². The summed E-state index contributed by atoms with van der Waals surface area (Å²) in [6.45, 7) is -0.0750. The van der Waals surface area contributed by atoms with E-state index >= 15 is 0 Å². The van der Waals surface area contributed by atoms with Crippen LogP contribution in [0.15, 0.2) is 52.0 Å². The molecule has 1 fully saturated rings. The molecule has 0 aliphatic heterocycles. The third kappa shape index (κ3) is 2.88. The molecular formula is C15H17NO4S. The molecular weight excluding hydrogens is 290 g/mol. The number of rotatable bonds is 6. The molecule has 1 aliphatic carbocycles. The molecule has 0 radical (unpaired) electrons.